The Kier molecular flexibility index (Phi) is 2.74. The molecule has 2 aromatic rings. The number of carbonyl (C=O) groups excluding carboxylic acids is 1. The zero-order valence-corrected chi connectivity index (χ0v) is 11.5. The van der Waals surface area contributed by atoms with Crippen LogP contribution in [0.2, 0.25) is 0 Å². The van der Waals surface area contributed by atoms with Gasteiger partial charge >= 0.3 is 0 Å². The Hall–Kier alpha value is -1.55. The molecule has 0 bridgehead atoms. The maximum Gasteiger partial charge on any atom is 0.294 e. The third kappa shape index (κ3) is 1.77. The van der Waals surface area contributed by atoms with Crippen LogP contribution in [0.3, 0.4) is 0 Å². The van der Waals surface area contributed by atoms with E-state index in [1.807, 2.05) is 12.1 Å². The molecule has 2 heterocycles. The van der Waals surface area contributed by atoms with Crippen LogP contribution in [-0.4, -0.2) is 11.9 Å². The number of hydrogen-bond donors (Lipinski definition) is 0. The summed E-state index contributed by atoms with van der Waals surface area (Å²) >= 11 is 3.46. The van der Waals surface area contributed by atoms with E-state index < -0.39 is 0 Å². The fraction of sp³-hybridized carbons (Fsp3) is 0.214. The minimum Gasteiger partial charge on any atom is -0.459 e. The fourth-order valence-corrected chi connectivity index (χ4v) is 2.84. The molecule has 1 amide bonds. The molecule has 18 heavy (non-hydrogen) atoms. The second kappa shape index (κ2) is 4.28. The van der Waals surface area contributed by atoms with Gasteiger partial charge in [-0.1, -0.05) is 15.9 Å². The second-order valence-corrected chi connectivity index (χ2v) is 5.39. The number of amides is 1. The number of rotatable bonds is 1. The number of halogens is 1. The van der Waals surface area contributed by atoms with E-state index in [1.165, 1.54) is 11.8 Å². The minimum atomic E-state index is -0.0754. The third-order valence-electron chi connectivity index (χ3n) is 3.21. The van der Waals surface area contributed by atoms with Gasteiger partial charge in [0.15, 0.2) is 5.76 Å². The highest BCUT2D eigenvalue weighted by Gasteiger charge is 2.32. The van der Waals surface area contributed by atoms with Gasteiger partial charge in [0.1, 0.15) is 0 Å². The van der Waals surface area contributed by atoms with Gasteiger partial charge in [0.2, 0.25) is 0 Å². The van der Waals surface area contributed by atoms with Gasteiger partial charge < -0.3 is 9.32 Å². The first-order valence-corrected chi connectivity index (χ1v) is 6.61. The highest BCUT2D eigenvalue weighted by molar-refractivity contribution is 9.10. The molecule has 1 aliphatic heterocycles. The van der Waals surface area contributed by atoms with Gasteiger partial charge in [-0.15, -0.1) is 0 Å². The van der Waals surface area contributed by atoms with Crippen molar-refractivity contribution in [1.29, 1.82) is 0 Å². The fourth-order valence-electron chi connectivity index (χ4n) is 2.43. The van der Waals surface area contributed by atoms with Gasteiger partial charge in [0.05, 0.1) is 6.26 Å². The molecule has 0 radical (unpaired) electrons. The Morgan fingerprint density at radius 2 is 2.28 bits per heavy atom. The number of nitrogens with zero attached hydrogens (tertiary/aromatic N) is 1. The molecule has 0 aliphatic carbocycles. The molecule has 0 saturated heterocycles. The normalized spacial score (nSPS) is 17.9. The van der Waals surface area contributed by atoms with Crippen LogP contribution in [-0.2, 0) is 6.42 Å². The Labute approximate surface area is 114 Å². The molecule has 3 rings (SSSR count). The Morgan fingerprint density at radius 1 is 1.44 bits per heavy atom. The number of anilines is 1. The van der Waals surface area contributed by atoms with Crippen molar-refractivity contribution in [3.05, 3.63) is 52.4 Å². The van der Waals surface area contributed by atoms with E-state index in [9.17, 15) is 4.79 Å². The summed E-state index contributed by atoms with van der Waals surface area (Å²) in [5.41, 5.74) is 2.17. The number of benzene rings is 1. The lowest BCUT2D eigenvalue weighted by Crippen LogP contribution is -2.35. The molecule has 0 fully saturated rings. The van der Waals surface area contributed by atoms with E-state index in [0.29, 0.717) is 5.76 Å². The summed E-state index contributed by atoms with van der Waals surface area (Å²) in [7, 11) is 0. The molecule has 3 nitrogen and oxygen atoms in total. The van der Waals surface area contributed by atoms with Gasteiger partial charge in [-0.05, 0) is 49.2 Å². The van der Waals surface area contributed by atoms with Gasteiger partial charge in [-0.2, -0.15) is 0 Å². The average Bonchev–Trinajstić information content (AvgIpc) is 2.94. The van der Waals surface area contributed by atoms with Crippen molar-refractivity contribution in [3.63, 3.8) is 0 Å². The van der Waals surface area contributed by atoms with Crippen LogP contribution in [0.25, 0.3) is 0 Å². The van der Waals surface area contributed by atoms with E-state index >= 15 is 0 Å². The Balaban J connectivity index is 2.02. The zero-order valence-electron chi connectivity index (χ0n) is 9.89. The molecule has 0 unspecified atom stereocenters. The predicted molar refractivity (Wildman–Crippen MR) is 72.8 cm³/mol. The molecule has 0 saturated carbocycles. The molecule has 1 aromatic heterocycles. The summed E-state index contributed by atoms with van der Waals surface area (Å²) in [6.45, 7) is 2.05. The summed E-state index contributed by atoms with van der Waals surface area (Å²) < 4.78 is 6.24. The molecule has 4 heteroatoms. The number of carbonyl (C=O) groups is 1. The van der Waals surface area contributed by atoms with E-state index in [4.69, 9.17) is 4.42 Å². The minimum absolute atomic E-state index is 0.0754. The summed E-state index contributed by atoms with van der Waals surface area (Å²) in [5.74, 6) is 0.311. The van der Waals surface area contributed by atoms with Gasteiger partial charge in [-0.3, -0.25) is 4.79 Å². The van der Waals surface area contributed by atoms with Crippen LogP contribution < -0.4 is 4.90 Å². The maximum absolute atomic E-state index is 12.4. The van der Waals surface area contributed by atoms with Crippen LogP contribution in [0, 0.1) is 0 Å². The Bertz CT molecular complexity index is 592. The monoisotopic (exact) mass is 305 g/mol. The smallest absolute Gasteiger partial charge is 0.294 e. The lowest BCUT2D eigenvalue weighted by molar-refractivity contribution is 0.0954. The molecular formula is C14H12BrNO2. The predicted octanol–water partition coefficient (Wildman–Crippen LogP) is 3.63. The van der Waals surface area contributed by atoms with Gasteiger partial charge in [0.25, 0.3) is 5.91 Å². The molecule has 1 aliphatic rings. The maximum atomic E-state index is 12.4. The van der Waals surface area contributed by atoms with Crippen LogP contribution in [0.15, 0.2) is 45.5 Å². The van der Waals surface area contributed by atoms with Crippen molar-refractivity contribution in [3.8, 4) is 0 Å². The van der Waals surface area contributed by atoms with Crippen molar-refractivity contribution in [2.45, 2.75) is 19.4 Å². The van der Waals surface area contributed by atoms with Crippen molar-refractivity contribution in [2.75, 3.05) is 4.90 Å². The molecule has 1 aromatic carbocycles. The molecule has 92 valence electrons. The number of fused-ring (bicyclic) bond motifs is 1. The average molecular weight is 306 g/mol. The lowest BCUT2D eigenvalue weighted by Gasteiger charge is -2.21. The molecule has 0 spiro atoms. The van der Waals surface area contributed by atoms with E-state index in [0.717, 1.165) is 16.6 Å². The molecular weight excluding hydrogens is 294 g/mol. The highest BCUT2D eigenvalue weighted by Crippen LogP contribution is 2.35. The van der Waals surface area contributed by atoms with Gasteiger partial charge in [-0.25, -0.2) is 0 Å². The number of hydrogen-bond acceptors (Lipinski definition) is 2. The van der Waals surface area contributed by atoms with E-state index in [-0.39, 0.29) is 11.9 Å². The molecule has 0 N–H and O–H groups in total. The van der Waals surface area contributed by atoms with Crippen molar-refractivity contribution in [1.82, 2.24) is 0 Å². The standard InChI is InChI=1S/C14H12BrNO2/c1-9-7-10-8-11(15)4-5-12(10)16(9)14(17)13-3-2-6-18-13/h2-6,8-9H,7H2,1H3/t9-/m1/s1. The van der Waals surface area contributed by atoms with Crippen LogP contribution >= 0.6 is 15.9 Å². The second-order valence-electron chi connectivity index (χ2n) is 4.48. The first-order chi connectivity index (χ1) is 8.66. The van der Waals surface area contributed by atoms with Crippen molar-refractivity contribution < 1.29 is 9.21 Å². The largest absolute Gasteiger partial charge is 0.459 e. The summed E-state index contributed by atoms with van der Waals surface area (Å²) in [6, 6.07) is 9.60. The summed E-state index contributed by atoms with van der Waals surface area (Å²) in [5, 5.41) is 0. The zero-order chi connectivity index (χ0) is 12.7. The first-order valence-electron chi connectivity index (χ1n) is 5.82. The van der Waals surface area contributed by atoms with Crippen molar-refractivity contribution >= 4 is 27.5 Å². The first kappa shape index (κ1) is 11.5. The van der Waals surface area contributed by atoms with Crippen LogP contribution in [0.4, 0.5) is 5.69 Å². The SMILES string of the molecule is C[C@@H]1Cc2cc(Br)ccc2N1C(=O)c1ccco1. The van der Waals surface area contributed by atoms with Crippen molar-refractivity contribution in [2.24, 2.45) is 0 Å². The van der Waals surface area contributed by atoms with Crippen LogP contribution in [0.1, 0.15) is 23.0 Å². The summed E-state index contributed by atoms with van der Waals surface area (Å²) in [6.07, 6.45) is 2.40. The molecule has 1 atom stereocenters. The van der Waals surface area contributed by atoms with E-state index in [1.54, 1.807) is 17.0 Å². The quantitative estimate of drug-likeness (QED) is 0.806. The summed E-state index contributed by atoms with van der Waals surface area (Å²) in [4.78, 5) is 14.2. The topological polar surface area (TPSA) is 33.5 Å². The number of furan rings is 1. The highest BCUT2D eigenvalue weighted by atomic mass is 79.9. The lowest BCUT2D eigenvalue weighted by atomic mass is 10.1. The Morgan fingerprint density at radius 3 is 3.00 bits per heavy atom. The third-order valence-corrected chi connectivity index (χ3v) is 3.70. The van der Waals surface area contributed by atoms with Gasteiger partial charge in [0, 0.05) is 16.2 Å². The van der Waals surface area contributed by atoms with Crippen LogP contribution in [0.5, 0.6) is 0 Å². The van der Waals surface area contributed by atoms with E-state index in [2.05, 4.69) is 28.9 Å².